The molecule has 0 amide bonds. The summed E-state index contributed by atoms with van der Waals surface area (Å²) in [6.45, 7) is 4.97. The third-order valence-corrected chi connectivity index (χ3v) is 3.60. The fraction of sp³-hybridized carbons (Fsp3) is 0.444. The predicted molar refractivity (Wildman–Crippen MR) is 63.6 cm³/mol. The fourth-order valence-electron chi connectivity index (χ4n) is 1.38. The zero-order valence-electron chi connectivity index (χ0n) is 8.65. The average Bonchev–Trinajstić information content (AvgIpc) is 2.83. The number of H-pyrrole nitrogens is 1. The van der Waals surface area contributed by atoms with Crippen LogP contribution in [0.15, 0.2) is 6.20 Å². The van der Waals surface area contributed by atoms with Gasteiger partial charge >= 0.3 is 0 Å². The monoisotopic (exact) mass is 240 g/mol. The van der Waals surface area contributed by atoms with Crippen LogP contribution in [0.2, 0.25) is 0 Å². The van der Waals surface area contributed by atoms with E-state index in [1.807, 2.05) is 10.8 Å². The van der Waals surface area contributed by atoms with Gasteiger partial charge in [-0.15, -0.1) is 11.3 Å². The lowest BCUT2D eigenvalue weighted by atomic mass is 10.5. The van der Waals surface area contributed by atoms with Crippen molar-refractivity contribution >= 4 is 23.6 Å². The molecule has 0 atom stereocenters. The lowest BCUT2D eigenvalue weighted by molar-refractivity contribution is 0.756. The Kier molecular flexibility index (Phi) is 2.97. The van der Waals surface area contributed by atoms with E-state index in [2.05, 4.69) is 29.0 Å². The van der Waals surface area contributed by atoms with Crippen LogP contribution in [0.5, 0.6) is 0 Å². The van der Waals surface area contributed by atoms with Gasteiger partial charge in [0.2, 0.25) is 0 Å². The van der Waals surface area contributed by atoms with E-state index < -0.39 is 0 Å². The summed E-state index contributed by atoms with van der Waals surface area (Å²) < 4.78 is 2.64. The van der Waals surface area contributed by atoms with Gasteiger partial charge in [0, 0.05) is 12.7 Å². The number of rotatable bonds is 3. The Morgan fingerprint density at radius 3 is 2.93 bits per heavy atom. The van der Waals surface area contributed by atoms with Crippen molar-refractivity contribution in [3.63, 3.8) is 0 Å². The Hall–Kier alpha value is -1.01. The van der Waals surface area contributed by atoms with Gasteiger partial charge in [-0.25, -0.2) is 4.98 Å². The number of hydrogen-bond donors (Lipinski definition) is 1. The maximum Gasteiger partial charge on any atom is 0.195 e. The number of aryl methyl sites for hydroxylation is 1. The highest BCUT2D eigenvalue weighted by molar-refractivity contribution is 7.71. The Labute approximate surface area is 97.0 Å². The van der Waals surface area contributed by atoms with Gasteiger partial charge in [-0.1, -0.05) is 6.92 Å². The van der Waals surface area contributed by atoms with E-state index in [0.29, 0.717) is 4.77 Å². The molecule has 1 N–H and O–H groups in total. The van der Waals surface area contributed by atoms with E-state index in [1.54, 1.807) is 11.3 Å². The molecule has 2 aromatic rings. The van der Waals surface area contributed by atoms with Crippen LogP contribution in [0.1, 0.15) is 18.9 Å². The lowest BCUT2D eigenvalue weighted by Gasteiger charge is -1.98. The number of nitrogens with zero attached hydrogens (tertiary/aromatic N) is 3. The fourth-order valence-corrected chi connectivity index (χ4v) is 2.49. The van der Waals surface area contributed by atoms with Crippen molar-refractivity contribution in [3.8, 4) is 10.7 Å². The van der Waals surface area contributed by atoms with Crippen molar-refractivity contribution in [2.45, 2.75) is 26.8 Å². The smallest absolute Gasteiger partial charge is 0.195 e. The number of thiazole rings is 1. The molecular weight excluding hydrogens is 228 g/mol. The van der Waals surface area contributed by atoms with E-state index in [0.717, 1.165) is 28.7 Å². The van der Waals surface area contributed by atoms with Gasteiger partial charge in [-0.3, -0.25) is 9.67 Å². The van der Waals surface area contributed by atoms with Crippen molar-refractivity contribution in [2.24, 2.45) is 0 Å². The largest absolute Gasteiger partial charge is 0.300 e. The minimum absolute atomic E-state index is 0.666. The van der Waals surface area contributed by atoms with Gasteiger partial charge < -0.3 is 0 Å². The molecule has 0 unspecified atom stereocenters. The summed E-state index contributed by atoms with van der Waals surface area (Å²) in [5.74, 6) is 0.889. The molecule has 0 aliphatic rings. The van der Waals surface area contributed by atoms with Crippen LogP contribution in [0.3, 0.4) is 0 Å². The summed E-state index contributed by atoms with van der Waals surface area (Å²) in [5, 5.41) is 8.16. The summed E-state index contributed by atoms with van der Waals surface area (Å²) >= 11 is 6.80. The van der Waals surface area contributed by atoms with Gasteiger partial charge in [-0.2, -0.15) is 5.10 Å². The molecule has 0 bridgehead atoms. The SMILES string of the molecule is CCc1ncc(-c2n[nH]c(=S)n2CC)s1. The lowest BCUT2D eigenvalue weighted by Crippen LogP contribution is -1.96. The van der Waals surface area contributed by atoms with Gasteiger partial charge in [-0.05, 0) is 25.6 Å². The molecule has 80 valence electrons. The van der Waals surface area contributed by atoms with Crippen LogP contribution >= 0.6 is 23.6 Å². The second-order valence-electron chi connectivity index (χ2n) is 3.07. The van der Waals surface area contributed by atoms with E-state index >= 15 is 0 Å². The van der Waals surface area contributed by atoms with Crippen LogP contribution in [0, 0.1) is 4.77 Å². The Morgan fingerprint density at radius 1 is 1.53 bits per heavy atom. The van der Waals surface area contributed by atoms with Gasteiger partial charge in [0.15, 0.2) is 10.6 Å². The molecule has 0 fully saturated rings. The van der Waals surface area contributed by atoms with Crippen LogP contribution in [0.4, 0.5) is 0 Å². The first-order valence-corrected chi connectivity index (χ1v) is 6.09. The molecular formula is C9H12N4S2. The van der Waals surface area contributed by atoms with Crippen LogP contribution in [-0.4, -0.2) is 19.7 Å². The molecule has 0 saturated heterocycles. The summed E-state index contributed by atoms with van der Waals surface area (Å²) in [5.41, 5.74) is 0. The molecule has 0 radical (unpaired) electrons. The molecule has 2 rings (SSSR count). The first-order chi connectivity index (χ1) is 7.26. The molecule has 6 heteroatoms. The van der Waals surface area contributed by atoms with Crippen LogP contribution in [0.25, 0.3) is 10.7 Å². The van der Waals surface area contributed by atoms with Crippen molar-refractivity contribution in [3.05, 3.63) is 16.0 Å². The first-order valence-electron chi connectivity index (χ1n) is 4.86. The van der Waals surface area contributed by atoms with Crippen LogP contribution in [-0.2, 0) is 13.0 Å². The van der Waals surface area contributed by atoms with Gasteiger partial charge in [0.05, 0.1) is 9.88 Å². The number of aromatic amines is 1. The average molecular weight is 240 g/mol. The first kappa shape index (κ1) is 10.5. The van der Waals surface area contributed by atoms with Crippen molar-refractivity contribution in [1.82, 2.24) is 19.7 Å². The normalized spacial score (nSPS) is 10.8. The van der Waals surface area contributed by atoms with E-state index in [4.69, 9.17) is 12.2 Å². The van der Waals surface area contributed by atoms with Crippen molar-refractivity contribution < 1.29 is 0 Å². The second-order valence-corrected chi connectivity index (χ2v) is 4.57. The highest BCUT2D eigenvalue weighted by atomic mass is 32.1. The Morgan fingerprint density at radius 2 is 2.33 bits per heavy atom. The highest BCUT2D eigenvalue weighted by Gasteiger charge is 2.10. The predicted octanol–water partition coefficient (Wildman–Crippen LogP) is 2.65. The molecule has 0 aliphatic heterocycles. The molecule has 0 aliphatic carbocycles. The quantitative estimate of drug-likeness (QED) is 0.839. The number of aromatic nitrogens is 4. The van der Waals surface area contributed by atoms with E-state index in [1.165, 1.54) is 0 Å². The Bertz CT molecular complexity index is 508. The molecule has 0 spiro atoms. The third kappa shape index (κ3) is 1.87. The second kappa shape index (κ2) is 4.24. The highest BCUT2D eigenvalue weighted by Crippen LogP contribution is 2.24. The van der Waals surface area contributed by atoms with E-state index in [-0.39, 0.29) is 0 Å². The number of nitrogens with one attached hydrogen (secondary N) is 1. The molecule has 0 saturated carbocycles. The molecule has 2 aromatic heterocycles. The van der Waals surface area contributed by atoms with E-state index in [9.17, 15) is 0 Å². The molecule has 4 nitrogen and oxygen atoms in total. The molecule has 2 heterocycles. The number of hydrogen-bond acceptors (Lipinski definition) is 4. The van der Waals surface area contributed by atoms with Crippen molar-refractivity contribution in [2.75, 3.05) is 0 Å². The summed E-state index contributed by atoms with van der Waals surface area (Å²) in [6.07, 6.45) is 2.82. The molecule has 0 aromatic carbocycles. The maximum atomic E-state index is 5.14. The summed E-state index contributed by atoms with van der Waals surface area (Å²) in [6, 6.07) is 0. The van der Waals surface area contributed by atoms with Gasteiger partial charge in [0.25, 0.3) is 0 Å². The summed E-state index contributed by atoms with van der Waals surface area (Å²) in [4.78, 5) is 5.38. The topological polar surface area (TPSA) is 46.5 Å². The Balaban J connectivity index is 2.48. The van der Waals surface area contributed by atoms with Crippen molar-refractivity contribution in [1.29, 1.82) is 0 Å². The third-order valence-electron chi connectivity index (χ3n) is 2.15. The summed E-state index contributed by atoms with van der Waals surface area (Å²) in [7, 11) is 0. The van der Waals surface area contributed by atoms with Crippen LogP contribution < -0.4 is 0 Å². The zero-order chi connectivity index (χ0) is 10.8. The standard InChI is InChI=1S/C9H12N4S2/c1-3-7-10-5-6(15-7)8-11-12-9(14)13(8)4-2/h5H,3-4H2,1-2H3,(H,12,14). The zero-order valence-corrected chi connectivity index (χ0v) is 10.3. The minimum atomic E-state index is 0.666. The maximum absolute atomic E-state index is 5.14. The molecule has 15 heavy (non-hydrogen) atoms. The van der Waals surface area contributed by atoms with Gasteiger partial charge in [0.1, 0.15) is 0 Å². The minimum Gasteiger partial charge on any atom is -0.300 e.